The van der Waals surface area contributed by atoms with Crippen LogP contribution in [0.4, 0.5) is 4.39 Å². The van der Waals surface area contributed by atoms with Crippen molar-refractivity contribution < 1.29 is 14.1 Å². The van der Waals surface area contributed by atoms with E-state index in [2.05, 4.69) is 4.98 Å². The van der Waals surface area contributed by atoms with E-state index in [4.69, 9.17) is 4.74 Å². The highest BCUT2D eigenvalue weighted by atomic mass is 19.1. The number of nitrogens with zero attached hydrogens (tertiary/aromatic N) is 1. The Bertz CT molecular complexity index is 604. The van der Waals surface area contributed by atoms with Gasteiger partial charge in [0, 0.05) is 29.3 Å². The highest BCUT2D eigenvalue weighted by Gasteiger charge is 2.09. The minimum Gasteiger partial charge on any atom is -0.497 e. The molecule has 2 rings (SSSR count). The fourth-order valence-corrected chi connectivity index (χ4v) is 1.58. The molecular formula is C11H9FN2O3. The van der Waals surface area contributed by atoms with Gasteiger partial charge in [0.25, 0.3) is 0 Å². The Kier molecular flexibility index (Phi) is 2.78. The summed E-state index contributed by atoms with van der Waals surface area (Å²) in [6.07, 6.45) is 3.62. The molecule has 0 aliphatic heterocycles. The van der Waals surface area contributed by atoms with Gasteiger partial charge in [-0.25, -0.2) is 4.39 Å². The van der Waals surface area contributed by atoms with Crippen LogP contribution in [-0.4, -0.2) is 17.0 Å². The predicted molar refractivity (Wildman–Crippen MR) is 60.8 cm³/mol. The van der Waals surface area contributed by atoms with Crippen molar-refractivity contribution in [2.75, 3.05) is 7.11 Å². The van der Waals surface area contributed by atoms with E-state index in [1.165, 1.54) is 25.4 Å². The zero-order valence-electron chi connectivity index (χ0n) is 8.94. The van der Waals surface area contributed by atoms with Crippen molar-refractivity contribution in [1.29, 1.82) is 0 Å². The molecule has 0 fully saturated rings. The Labute approximate surface area is 95.7 Å². The van der Waals surface area contributed by atoms with Crippen LogP contribution in [0.3, 0.4) is 0 Å². The number of aromatic nitrogens is 1. The molecule has 0 bridgehead atoms. The third-order valence-corrected chi connectivity index (χ3v) is 2.36. The first-order chi connectivity index (χ1) is 8.11. The topological polar surface area (TPSA) is 68.2 Å². The lowest BCUT2D eigenvalue weighted by atomic mass is 10.1. The molecule has 0 unspecified atom stereocenters. The molecule has 1 N–H and O–H groups in total. The van der Waals surface area contributed by atoms with Gasteiger partial charge in [0.2, 0.25) is 6.20 Å². The number of halogens is 1. The van der Waals surface area contributed by atoms with Crippen LogP contribution in [0.25, 0.3) is 17.0 Å². The fourth-order valence-electron chi connectivity index (χ4n) is 1.58. The summed E-state index contributed by atoms with van der Waals surface area (Å²) in [4.78, 5) is 12.4. The quantitative estimate of drug-likeness (QED) is 0.657. The Balaban J connectivity index is 2.58. The maximum atomic E-state index is 13.6. The number of hydrogen-bond donors (Lipinski definition) is 1. The van der Waals surface area contributed by atoms with Gasteiger partial charge in [0.15, 0.2) is 5.82 Å². The van der Waals surface area contributed by atoms with Crippen LogP contribution >= 0.6 is 0 Å². The van der Waals surface area contributed by atoms with E-state index in [0.29, 0.717) is 22.2 Å². The summed E-state index contributed by atoms with van der Waals surface area (Å²) in [6, 6.07) is 2.87. The van der Waals surface area contributed by atoms with E-state index in [1.54, 1.807) is 6.07 Å². The van der Waals surface area contributed by atoms with Crippen LogP contribution in [0.15, 0.2) is 24.5 Å². The van der Waals surface area contributed by atoms with Gasteiger partial charge < -0.3 is 9.72 Å². The molecule has 2 aromatic rings. The molecule has 6 heteroatoms. The number of H-pyrrole nitrogens is 1. The molecule has 0 aliphatic carbocycles. The number of benzene rings is 1. The van der Waals surface area contributed by atoms with Crippen molar-refractivity contribution in [3.05, 3.63) is 46.0 Å². The number of nitrogens with one attached hydrogen (secondary N) is 1. The van der Waals surface area contributed by atoms with Gasteiger partial charge >= 0.3 is 0 Å². The van der Waals surface area contributed by atoms with Gasteiger partial charge in [-0.2, -0.15) is 0 Å². The molecule has 88 valence electrons. The molecule has 0 aliphatic rings. The monoisotopic (exact) mass is 236 g/mol. The Hall–Kier alpha value is -2.37. The van der Waals surface area contributed by atoms with Crippen LogP contribution in [0.5, 0.6) is 5.75 Å². The lowest BCUT2D eigenvalue weighted by Crippen LogP contribution is -1.86. The number of methoxy groups -OCH3 is 1. The van der Waals surface area contributed by atoms with Crippen molar-refractivity contribution in [3.8, 4) is 5.75 Å². The molecule has 1 aromatic carbocycles. The van der Waals surface area contributed by atoms with Crippen LogP contribution < -0.4 is 4.74 Å². The van der Waals surface area contributed by atoms with Crippen LogP contribution in [0.1, 0.15) is 5.56 Å². The molecule has 1 aromatic heterocycles. The smallest absolute Gasteiger partial charge is 0.235 e. The zero-order valence-corrected chi connectivity index (χ0v) is 8.94. The third-order valence-electron chi connectivity index (χ3n) is 2.36. The van der Waals surface area contributed by atoms with Gasteiger partial charge in [-0.15, -0.1) is 0 Å². The summed E-state index contributed by atoms with van der Waals surface area (Å²) in [6.45, 7) is 0. The Morgan fingerprint density at radius 2 is 2.29 bits per heavy atom. The van der Waals surface area contributed by atoms with Crippen LogP contribution in [0, 0.1) is 15.9 Å². The molecular weight excluding hydrogens is 227 g/mol. The van der Waals surface area contributed by atoms with Crippen molar-refractivity contribution >= 4 is 17.0 Å². The molecule has 0 atom stereocenters. The maximum Gasteiger partial charge on any atom is 0.235 e. The molecule has 0 saturated heterocycles. The summed E-state index contributed by atoms with van der Waals surface area (Å²) < 4.78 is 18.5. The van der Waals surface area contributed by atoms with Crippen molar-refractivity contribution in [1.82, 2.24) is 4.98 Å². The first-order valence-corrected chi connectivity index (χ1v) is 4.78. The second-order valence-electron chi connectivity index (χ2n) is 3.38. The number of aromatic amines is 1. The minimum absolute atomic E-state index is 0.300. The minimum atomic E-state index is -0.574. The molecule has 5 nitrogen and oxygen atoms in total. The van der Waals surface area contributed by atoms with Crippen molar-refractivity contribution in [2.45, 2.75) is 0 Å². The van der Waals surface area contributed by atoms with Crippen molar-refractivity contribution in [2.24, 2.45) is 0 Å². The summed E-state index contributed by atoms with van der Waals surface area (Å²) >= 11 is 0. The largest absolute Gasteiger partial charge is 0.497 e. The van der Waals surface area contributed by atoms with E-state index in [9.17, 15) is 14.5 Å². The predicted octanol–water partition coefficient (Wildman–Crippen LogP) is 2.56. The van der Waals surface area contributed by atoms with Crippen molar-refractivity contribution in [3.63, 3.8) is 0 Å². The maximum absolute atomic E-state index is 13.6. The summed E-state index contributed by atoms with van der Waals surface area (Å²) in [5, 5.41) is 10.8. The van der Waals surface area contributed by atoms with Gasteiger partial charge in [-0.05, 0) is 6.07 Å². The molecule has 17 heavy (non-hydrogen) atoms. The summed E-state index contributed by atoms with van der Waals surface area (Å²) in [5.74, 6) is -0.0922. The highest BCUT2D eigenvalue weighted by molar-refractivity contribution is 5.90. The van der Waals surface area contributed by atoms with Gasteiger partial charge in [0.1, 0.15) is 5.75 Å². The second kappa shape index (κ2) is 4.25. The molecule has 0 saturated carbocycles. The highest BCUT2D eigenvalue weighted by Crippen LogP contribution is 2.27. The second-order valence-corrected chi connectivity index (χ2v) is 3.38. The summed E-state index contributed by atoms with van der Waals surface area (Å²) in [7, 11) is 1.43. The standard InChI is InChI=1S/C11H9FN2O3/c1-17-8-4-9-7(2-3-14(15)16)6-13-11(9)10(12)5-8/h2-6,13H,1H3. The van der Waals surface area contributed by atoms with E-state index in [0.717, 1.165) is 6.20 Å². The van der Waals surface area contributed by atoms with Gasteiger partial charge in [-0.1, -0.05) is 0 Å². The lowest BCUT2D eigenvalue weighted by Gasteiger charge is -2.00. The van der Waals surface area contributed by atoms with E-state index in [-0.39, 0.29) is 0 Å². The number of fused-ring (bicyclic) bond motifs is 1. The fraction of sp³-hybridized carbons (Fsp3) is 0.0909. The third kappa shape index (κ3) is 2.10. The number of nitro groups is 1. The van der Waals surface area contributed by atoms with Gasteiger partial charge in [-0.3, -0.25) is 10.1 Å². The van der Waals surface area contributed by atoms with Crippen LogP contribution in [0.2, 0.25) is 0 Å². The Morgan fingerprint density at radius 3 is 2.94 bits per heavy atom. The average molecular weight is 236 g/mol. The normalized spacial score (nSPS) is 11.2. The first kappa shape index (κ1) is 11.1. The number of hydrogen-bond acceptors (Lipinski definition) is 3. The van der Waals surface area contributed by atoms with E-state index < -0.39 is 10.7 Å². The number of rotatable bonds is 3. The Morgan fingerprint density at radius 1 is 1.53 bits per heavy atom. The summed E-state index contributed by atoms with van der Waals surface area (Å²) in [5.41, 5.74) is 0.836. The van der Waals surface area contributed by atoms with E-state index in [1.807, 2.05) is 0 Å². The molecule has 0 amide bonds. The van der Waals surface area contributed by atoms with Gasteiger partial charge in [0.05, 0.1) is 17.5 Å². The average Bonchev–Trinajstić information content (AvgIpc) is 2.69. The zero-order chi connectivity index (χ0) is 12.4. The number of ether oxygens (including phenoxy) is 1. The molecule has 1 heterocycles. The molecule has 0 spiro atoms. The van der Waals surface area contributed by atoms with E-state index >= 15 is 0 Å². The SMILES string of the molecule is COc1cc(F)c2[nH]cc(C=C[N+](=O)[O-])c2c1. The molecule has 0 radical (unpaired) electrons. The lowest BCUT2D eigenvalue weighted by molar-refractivity contribution is -0.400. The first-order valence-electron chi connectivity index (χ1n) is 4.78. The van der Waals surface area contributed by atoms with Crippen LogP contribution in [-0.2, 0) is 0 Å².